The number of carbonyl (C=O) groups excluding carboxylic acids is 2. The van der Waals surface area contributed by atoms with Crippen LogP contribution in [0.2, 0.25) is 0 Å². The van der Waals surface area contributed by atoms with E-state index < -0.39 is 46.1 Å². The zero-order chi connectivity index (χ0) is 23.4. The molecule has 0 spiro atoms. The van der Waals surface area contributed by atoms with Crippen molar-refractivity contribution in [2.24, 2.45) is 0 Å². The molecule has 10 heteroatoms. The van der Waals surface area contributed by atoms with Crippen LogP contribution in [0.3, 0.4) is 0 Å². The molecule has 0 aliphatic carbocycles. The average Bonchev–Trinajstić information content (AvgIpc) is 3.10. The van der Waals surface area contributed by atoms with E-state index in [2.05, 4.69) is 0 Å². The van der Waals surface area contributed by atoms with Gasteiger partial charge < -0.3 is 9.64 Å². The Morgan fingerprint density at radius 1 is 1.06 bits per heavy atom. The lowest BCUT2D eigenvalue weighted by Gasteiger charge is -2.27. The number of alkyl halides is 3. The number of benzene rings is 2. The van der Waals surface area contributed by atoms with Gasteiger partial charge in [0.15, 0.2) is 16.4 Å². The molecule has 0 radical (unpaired) electrons. The molecule has 1 aliphatic rings. The third-order valence-electron chi connectivity index (χ3n) is 4.53. The molecule has 2 aromatic carbocycles. The van der Waals surface area contributed by atoms with E-state index >= 15 is 0 Å². The second kappa shape index (κ2) is 9.39. The summed E-state index contributed by atoms with van der Waals surface area (Å²) in [6.45, 7) is -0.643. The highest BCUT2D eigenvalue weighted by molar-refractivity contribution is 7.94. The second-order valence-corrected chi connectivity index (χ2v) is 8.82. The Morgan fingerprint density at radius 3 is 2.28 bits per heavy atom. The van der Waals surface area contributed by atoms with Crippen molar-refractivity contribution in [1.82, 2.24) is 0 Å². The van der Waals surface area contributed by atoms with E-state index in [1.54, 1.807) is 30.3 Å². The number of hydrogen-bond donors (Lipinski definition) is 0. The van der Waals surface area contributed by atoms with Crippen LogP contribution in [0, 0.1) is 0 Å². The number of ether oxygens (including phenoxy) is 1. The summed E-state index contributed by atoms with van der Waals surface area (Å²) in [6, 6.07) is 11.8. The molecular weight excluding hydrogens is 447 g/mol. The zero-order valence-electron chi connectivity index (χ0n) is 16.5. The minimum Gasteiger partial charge on any atom is -0.452 e. The third-order valence-corrected chi connectivity index (χ3v) is 5.91. The monoisotopic (exact) mass is 465 g/mol. The number of carbonyl (C=O) groups is 2. The first-order valence-corrected chi connectivity index (χ1v) is 11.1. The van der Waals surface area contributed by atoms with Crippen LogP contribution in [0.5, 0.6) is 0 Å². The first-order valence-electron chi connectivity index (χ1n) is 9.35. The van der Waals surface area contributed by atoms with Crippen LogP contribution in [-0.2, 0) is 30.3 Å². The van der Waals surface area contributed by atoms with Crippen molar-refractivity contribution in [3.63, 3.8) is 0 Å². The topological polar surface area (TPSA) is 80.8 Å². The summed E-state index contributed by atoms with van der Waals surface area (Å²) in [5.41, 5.74) is -0.0270. The zero-order valence-corrected chi connectivity index (χ0v) is 17.3. The highest BCUT2D eigenvalue weighted by Gasteiger charge is 2.32. The number of sulfone groups is 1. The van der Waals surface area contributed by atoms with Gasteiger partial charge in [0.05, 0.1) is 17.4 Å². The van der Waals surface area contributed by atoms with Crippen molar-refractivity contribution >= 4 is 33.5 Å². The lowest BCUT2D eigenvalue weighted by atomic mass is 10.1. The number of nitrogens with zero attached hydrogens (tertiary/aromatic N) is 1. The Hall–Kier alpha value is -3.40. The van der Waals surface area contributed by atoms with E-state index in [-0.39, 0.29) is 5.75 Å². The van der Waals surface area contributed by atoms with Gasteiger partial charge in [-0.05, 0) is 42.0 Å². The summed E-state index contributed by atoms with van der Waals surface area (Å²) in [5.74, 6) is -1.78. The van der Waals surface area contributed by atoms with E-state index in [1.165, 1.54) is 29.2 Å². The quantitative estimate of drug-likeness (QED) is 0.481. The number of rotatable bonds is 6. The fraction of sp³-hybridized carbons (Fsp3) is 0.182. The van der Waals surface area contributed by atoms with Gasteiger partial charge in [0.2, 0.25) is 0 Å². The third kappa shape index (κ3) is 6.07. The van der Waals surface area contributed by atoms with Gasteiger partial charge in [0.25, 0.3) is 5.91 Å². The van der Waals surface area contributed by atoms with Crippen LogP contribution in [0.15, 0.2) is 72.2 Å². The lowest BCUT2D eigenvalue weighted by molar-refractivity contribution is -0.143. The molecule has 0 saturated carbocycles. The molecule has 1 heterocycles. The van der Waals surface area contributed by atoms with Gasteiger partial charge in [-0.3, -0.25) is 4.79 Å². The van der Waals surface area contributed by atoms with Crippen molar-refractivity contribution in [2.75, 3.05) is 17.3 Å². The van der Waals surface area contributed by atoms with Gasteiger partial charge in [-0.25, -0.2) is 13.2 Å². The molecule has 1 amide bonds. The molecule has 0 bridgehead atoms. The van der Waals surface area contributed by atoms with Crippen LogP contribution < -0.4 is 4.90 Å². The Morgan fingerprint density at radius 2 is 1.72 bits per heavy atom. The van der Waals surface area contributed by atoms with Crippen LogP contribution in [0.25, 0.3) is 6.08 Å². The molecule has 0 N–H and O–H groups in total. The second-order valence-electron chi connectivity index (χ2n) is 6.89. The van der Waals surface area contributed by atoms with E-state index in [9.17, 15) is 31.2 Å². The summed E-state index contributed by atoms with van der Waals surface area (Å²) in [5, 5.41) is 1.04. The summed E-state index contributed by atoms with van der Waals surface area (Å²) in [4.78, 5) is 25.9. The standard InChI is InChI=1S/C22H18F3NO5S/c23-22(24,25)17-9-6-16(7-10-17)8-11-21(28)31-14-20(27)26(18-4-2-1-3-5-18)19-12-13-32(29,30)15-19/h1-13,19H,14-15H2/b11-8+. The Kier molecular flexibility index (Phi) is 6.83. The summed E-state index contributed by atoms with van der Waals surface area (Å²) >= 11 is 0. The first kappa shape index (κ1) is 23.3. The molecule has 0 fully saturated rings. The molecule has 0 saturated heterocycles. The fourth-order valence-electron chi connectivity index (χ4n) is 3.03. The maximum absolute atomic E-state index is 12.7. The maximum Gasteiger partial charge on any atom is 0.416 e. The summed E-state index contributed by atoms with van der Waals surface area (Å²) < 4.78 is 66.3. The Balaban J connectivity index is 1.64. The molecule has 1 atom stereocenters. The van der Waals surface area contributed by atoms with Gasteiger partial charge in [-0.15, -0.1) is 0 Å². The minimum atomic E-state index is -4.46. The highest BCUT2D eigenvalue weighted by atomic mass is 32.2. The van der Waals surface area contributed by atoms with E-state index in [0.717, 1.165) is 23.6 Å². The van der Waals surface area contributed by atoms with E-state index in [4.69, 9.17) is 4.74 Å². The van der Waals surface area contributed by atoms with Crippen molar-refractivity contribution < 1.29 is 35.9 Å². The molecule has 3 rings (SSSR count). The number of hydrogen-bond acceptors (Lipinski definition) is 5. The first-order chi connectivity index (χ1) is 15.0. The molecule has 1 aliphatic heterocycles. The Bertz CT molecular complexity index is 1140. The van der Waals surface area contributed by atoms with Gasteiger partial charge >= 0.3 is 12.1 Å². The fourth-order valence-corrected chi connectivity index (χ4v) is 4.30. The summed E-state index contributed by atoms with van der Waals surface area (Å²) in [7, 11) is -3.43. The molecule has 32 heavy (non-hydrogen) atoms. The van der Waals surface area contributed by atoms with Crippen LogP contribution in [-0.4, -0.2) is 38.7 Å². The SMILES string of the molecule is O=C(/C=C/c1ccc(C(F)(F)F)cc1)OCC(=O)N(c1ccccc1)C1C=CS(=O)(=O)C1. The number of esters is 1. The van der Waals surface area contributed by atoms with Gasteiger partial charge in [0.1, 0.15) is 0 Å². The van der Waals surface area contributed by atoms with Crippen LogP contribution in [0.4, 0.5) is 18.9 Å². The molecular formula is C22H18F3NO5S. The van der Waals surface area contributed by atoms with E-state index in [0.29, 0.717) is 11.3 Å². The predicted molar refractivity (Wildman–Crippen MR) is 112 cm³/mol. The number of amides is 1. The average molecular weight is 465 g/mol. The normalized spacial score (nSPS) is 17.4. The summed E-state index contributed by atoms with van der Waals surface area (Å²) in [6.07, 6.45) is -0.816. The van der Waals surface area contributed by atoms with Gasteiger partial charge in [0, 0.05) is 17.2 Å². The van der Waals surface area contributed by atoms with Crippen molar-refractivity contribution in [2.45, 2.75) is 12.2 Å². The van der Waals surface area contributed by atoms with Crippen LogP contribution in [0.1, 0.15) is 11.1 Å². The molecule has 2 aromatic rings. The number of para-hydroxylation sites is 1. The van der Waals surface area contributed by atoms with Crippen molar-refractivity contribution in [3.8, 4) is 0 Å². The van der Waals surface area contributed by atoms with E-state index in [1.807, 2.05) is 0 Å². The molecule has 0 aromatic heterocycles. The smallest absolute Gasteiger partial charge is 0.416 e. The minimum absolute atomic E-state index is 0.282. The van der Waals surface area contributed by atoms with Crippen molar-refractivity contribution in [3.05, 3.63) is 83.3 Å². The lowest BCUT2D eigenvalue weighted by Crippen LogP contribution is -2.43. The maximum atomic E-state index is 12.7. The highest BCUT2D eigenvalue weighted by Crippen LogP contribution is 2.29. The van der Waals surface area contributed by atoms with Crippen molar-refractivity contribution in [1.29, 1.82) is 0 Å². The van der Waals surface area contributed by atoms with Gasteiger partial charge in [-0.1, -0.05) is 30.3 Å². The van der Waals surface area contributed by atoms with Gasteiger partial charge in [-0.2, -0.15) is 13.2 Å². The molecule has 6 nitrogen and oxygen atoms in total. The number of halogens is 3. The molecule has 168 valence electrons. The molecule has 1 unspecified atom stereocenters. The van der Waals surface area contributed by atoms with Crippen LogP contribution >= 0.6 is 0 Å². The predicted octanol–water partition coefficient (Wildman–Crippen LogP) is 3.61. The largest absolute Gasteiger partial charge is 0.452 e. The number of anilines is 1. The Labute approximate surface area is 182 Å².